The fraction of sp³-hybridized carbons (Fsp3) is 0.842. The number of amides is 3. The number of rotatable bonds is 10. The number of carbonyl (C=O) groups is 3. The van der Waals surface area contributed by atoms with E-state index in [4.69, 9.17) is 9.94 Å². The Morgan fingerprint density at radius 1 is 0.963 bits per heavy atom. The second-order valence-corrected chi connectivity index (χ2v) is 8.82. The second kappa shape index (κ2) is 11.2. The monoisotopic (exact) mass is 387 g/mol. The van der Waals surface area contributed by atoms with E-state index in [-0.39, 0.29) is 17.7 Å². The Morgan fingerprint density at radius 3 is 1.89 bits per heavy atom. The van der Waals surface area contributed by atoms with Gasteiger partial charge in [0.05, 0.1) is 5.92 Å². The molecular formula is C19H37N3O5. The molecule has 0 aliphatic rings. The van der Waals surface area contributed by atoms with Crippen LogP contribution in [-0.4, -0.2) is 48.7 Å². The van der Waals surface area contributed by atoms with Crippen molar-refractivity contribution in [1.29, 1.82) is 0 Å². The Labute approximate surface area is 162 Å². The first-order valence-corrected chi connectivity index (χ1v) is 9.39. The highest BCUT2D eigenvalue weighted by atomic mass is 16.5. The average molecular weight is 388 g/mol. The van der Waals surface area contributed by atoms with E-state index in [9.17, 15) is 14.4 Å². The number of methoxy groups -OCH3 is 1. The molecule has 4 N–H and O–H groups in total. The van der Waals surface area contributed by atoms with E-state index in [0.717, 1.165) is 0 Å². The van der Waals surface area contributed by atoms with Gasteiger partial charge in [-0.05, 0) is 23.7 Å². The molecule has 8 heteroatoms. The van der Waals surface area contributed by atoms with E-state index in [1.54, 1.807) is 5.48 Å². The van der Waals surface area contributed by atoms with Gasteiger partial charge in [0.1, 0.15) is 12.1 Å². The molecule has 0 saturated heterocycles. The van der Waals surface area contributed by atoms with Crippen molar-refractivity contribution < 1.29 is 24.3 Å². The van der Waals surface area contributed by atoms with Crippen molar-refractivity contribution in [1.82, 2.24) is 16.1 Å². The summed E-state index contributed by atoms with van der Waals surface area (Å²) >= 11 is 0. The van der Waals surface area contributed by atoms with Gasteiger partial charge in [0.2, 0.25) is 11.8 Å². The molecule has 0 rings (SSSR count). The lowest BCUT2D eigenvalue weighted by Crippen LogP contribution is -2.57. The lowest BCUT2D eigenvalue weighted by Gasteiger charge is -2.33. The number of nitrogens with one attached hydrogen (secondary N) is 3. The quantitative estimate of drug-likeness (QED) is 0.335. The number of carbonyl (C=O) groups excluding carboxylic acids is 3. The van der Waals surface area contributed by atoms with Gasteiger partial charge in [0, 0.05) is 13.7 Å². The predicted molar refractivity (Wildman–Crippen MR) is 103 cm³/mol. The zero-order chi connectivity index (χ0) is 21.4. The van der Waals surface area contributed by atoms with E-state index >= 15 is 0 Å². The summed E-state index contributed by atoms with van der Waals surface area (Å²) in [4.78, 5) is 37.5. The first-order chi connectivity index (χ1) is 12.3. The van der Waals surface area contributed by atoms with Crippen LogP contribution in [0.1, 0.15) is 54.9 Å². The minimum Gasteiger partial charge on any atom is -0.371 e. The Balaban J connectivity index is 5.53. The van der Waals surface area contributed by atoms with Gasteiger partial charge >= 0.3 is 0 Å². The highest BCUT2D eigenvalue weighted by molar-refractivity contribution is 5.92. The zero-order valence-electron chi connectivity index (χ0n) is 17.9. The van der Waals surface area contributed by atoms with E-state index in [1.165, 1.54) is 7.11 Å². The molecule has 3 atom stereocenters. The molecule has 0 spiro atoms. The van der Waals surface area contributed by atoms with Crippen molar-refractivity contribution in [2.24, 2.45) is 23.2 Å². The zero-order valence-corrected chi connectivity index (χ0v) is 17.9. The molecular weight excluding hydrogens is 350 g/mol. The van der Waals surface area contributed by atoms with Gasteiger partial charge < -0.3 is 15.4 Å². The van der Waals surface area contributed by atoms with Crippen molar-refractivity contribution in [3.63, 3.8) is 0 Å². The summed E-state index contributed by atoms with van der Waals surface area (Å²) in [5.74, 6) is -1.98. The summed E-state index contributed by atoms with van der Waals surface area (Å²) in [5.41, 5.74) is 1.01. The third kappa shape index (κ3) is 8.71. The second-order valence-electron chi connectivity index (χ2n) is 8.82. The maximum Gasteiger partial charge on any atom is 0.273 e. The Hall–Kier alpha value is -1.67. The van der Waals surface area contributed by atoms with Crippen molar-refractivity contribution in [3.8, 4) is 0 Å². The van der Waals surface area contributed by atoms with Crippen LogP contribution in [0.25, 0.3) is 0 Å². The standard InChI is InChI=1S/C19H37N3O5/c1-11(2)9-13(14(27-8)17(24)22-26)16(23)21-15(19(5,6)7)18(25)20-10-12(3)4/h11-15,26H,9-10H2,1-8H3,(H,20,25)(H,21,23)(H,22,24)/t13-,14+,15?/m1/s1. The maximum absolute atomic E-state index is 13.0. The number of hydroxylamine groups is 1. The summed E-state index contributed by atoms with van der Waals surface area (Å²) in [6.45, 7) is 13.9. The van der Waals surface area contributed by atoms with Crippen LogP contribution in [0, 0.1) is 23.2 Å². The van der Waals surface area contributed by atoms with Gasteiger partial charge in [-0.15, -0.1) is 0 Å². The van der Waals surface area contributed by atoms with Gasteiger partial charge in [-0.2, -0.15) is 0 Å². The summed E-state index contributed by atoms with van der Waals surface area (Å²) in [6, 6.07) is -0.770. The normalized spacial score (nSPS) is 15.2. The molecule has 0 aromatic heterocycles. The van der Waals surface area contributed by atoms with Crippen LogP contribution in [0.3, 0.4) is 0 Å². The Bertz CT molecular complexity index is 500. The van der Waals surface area contributed by atoms with E-state index in [2.05, 4.69) is 10.6 Å². The van der Waals surface area contributed by atoms with Gasteiger partial charge in [0.25, 0.3) is 5.91 Å². The van der Waals surface area contributed by atoms with Crippen molar-refractivity contribution in [2.75, 3.05) is 13.7 Å². The smallest absolute Gasteiger partial charge is 0.273 e. The molecule has 0 bridgehead atoms. The molecule has 0 radical (unpaired) electrons. The Morgan fingerprint density at radius 2 is 1.52 bits per heavy atom. The summed E-state index contributed by atoms with van der Waals surface area (Å²) < 4.78 is 5.16. The van der Waals surface area contributed by atoms with Crippen molar-refractivity contribution in [2.45, 2.75) is 67.0 Å². The van der Waals surface area contributed by atoms with E-state index in [0.29, 0.717) is 13.0 Å². The lowest BCUT2D eigenvalue weighted by atomic mass is 9.84. The van der Waals surface area contributed by atoms with Crippen LogP contribution in [0.5, 0.6) is 0 Å². The van der Waals surface area contributed by atoms with Gasteiger partial charge in [-0.3, -0.25) is 19.6 Å². The van der Waals surface area contributed by atoms with Crippen LogP contribution in [0.2, 0.25) is 0 Å². The van der Waals surface area contributed by atoms with Crippen molar-refractivity contribution >= 4 is 17.7 Å². The van der Waals surface area contributed by atoms with Gasteiger partial charge in [0.15, 0.2) is 0 Å². The minimum absolute atomic E-state index is 0.104. The third-order valence-electron chi connectivity index (χ3n) is 4.15. The van der Waals surface area contributed by atoms with Crippen LogP contribution in [-0.2, 0) is 19.1 Å². The largest absolute Gasteiger partial charge is 0.371 e. The van der Waals surface area contributed by atoms with E-state index in [1.807, 2.05) is 48.5 Å². The van der Waals surface area contributed by atoms with Crippen LogP contribution in [0.15, 0.2) is 0 Å². The maximum atomic E-state index is 13.0. The van der Waals surface area contributed by atoms with Crippen LogP contribution < -0.4 is 16.1 Å². The molecule has 0 aliphatic carbocycles. The summed E-state index contributed by atoms with van der Waals surface area (Å²) in [5, 5.41) is 14.6. The topological polar surface area (TPSA) is 117 Å². The highest BCUT2D eigenvalue weighted by Gasteiger charge is 2.39. The molecule has 0 heterocycles. The molecule has 3 amide bonds. The molecule has 0 aromatic rings. The highest BCUT2D eigenvalue weighted by Crippen LogP contribution is 2.23. The third-order valence-corrected chi connectivity index (χ3v) is 4.15. The summed E-state index contributed by atoms with van der Waals surface area (Å²) in [7, 11) is 1.30. The molecule has 8 nitrogen and oxygen atoms in total. The Kier molecular flexibility index (Phi) is 10.5. The lowest BCUT2D eigenvalue weighted by molar-refractivity contribution is -0.150. The number of hydrogen-bond acceptors (Lipinski definition) is 5. The first-order valence-electron chi connectivity index (χ1n) is 9.39. The summed E-state index contributed by atoms with van der Waals surface area (Å²) in [6.07, 6.45) is -0.792. The van der Waals surface area contributed by atoms with Crippen LogP contribution in [0.4, 0.5) is 0 Å². The molecule has 0 aliphatic heterocycles. The van der Waals surface area contributed by atoms with Crippen molar-refractivity contribution in [3.05, 3.63) is 0 Å². The van der Waals surface area contributed by atoms with Gasteiger partial charge in [-0.25, -0.2) is 5.48 Å². The first kappa shape index (κ1) is 25.3. The minimum atomic E-state index is -1.16. The predicted octanol–water partition coefficient (Wildman–Crippen LogP) is 1.47. The number of hydrogen-bond donors (Lipinski definition) is 4. The van der Waals surface area contributed by atoms with Crippen LogP contribution >= 0.6 is 0 Å². The average Bonchev–Trinajstić information content (AvgIpc) is 2.55. The SMILES string of the molecule is CO[C@H](C(=O)NO)[C@@H](CC(C)C)C(=O)NC(C(=O)NCC(C)C)C(C)(C)C. The van der Waals surface area contributed by atoms with E-state index < -0.39 is 35.3 Å². The number of ether oxygens (including phenoxy) is 1. The fourth-order valence-corrected chi connectivity index (χ4v) is 2.73. The van der Waals surface area contributed by atoms with Gasteiger partial charge in [-0.1, -0.05) is 48.5 Å². The molecule has 158 valence electrons. The fourth-order valence-electron chi connectivity index (χ4n) is 2.73. The molecule has 0 fully saturated rings. The molecule has 0 aromatic carbocycles. The molecule has 0 saturated carbocycles. The molecule has 27 heavy (non-hydrogen) atoms. The molecule has 1 unspecified atom stereocenters.